The predicted molar refractivity (Wildman–Crippen MR) is 61.9 cm³/mol. The van der Waals surface area contributed by atoms with Crippen LogP contribution in [-0.4, -0.2) is 15.8 Å². The number of aromatic nitrogens is 2. The first-order valence-corrected chi connectivity index (χ1v) is 5.70. The van der Waals surface area contributed by atoms with Gasteiger partial charge in [-0.1, -0.05) is 13.8 Å². The summed E-state index contributed by atoms with van der Waals surface area (Å²) < 4.78 is 2.08. The van der Waals surface area contributed by atoms with E-state index in [1.54, 1.807) is 0 Å². The van der Waals surface area contributed by atoms with Crippen LogP contribution in [0.5, 0.6) is 0 Å². The van der Waals surface area contributed by atoms with Crippen LogP contribution in [0.1, 0.15) is 43.6 Å². The van der Waals surface area contributed by atoms with Crippen molar-refractivity contribution < 1.29 is 0 Å². The monoisotopic (exact) mass is 207 g/mol. The zero-order valence-electron chi connectivity index (χ0n) is 10.3. The van der Waals surface area contributed by atoms with Crippen molar-refractivity contribution in [1.82, 2.24) is 9.78 Å². The molecule has 2 atom stereocenters. The zero-order chi connectivity index (χ0) is 11.4. The molecule has 1 aliphatic carbocycles. The molecule has 0 radical (unpaired) electrons. The van der Waals surface area contributed by atoms with Crippen LogP contribution in [0, 0.1) is 19.3 Å². The molecular weight excluding hydrogens is 186 g/mol. The van der Waals surface area contributed by atoms with E-state index in [-0.39, 0.29) is 5.41 Å². The number of nitrogens with zero attached hydrogens (tertiary/aromatic N) is 2. The van der Waals surface area contributed by atoms with E-state index < -0.39 is 0 Å². The van der Waals surface area contributed by atoms with Crippen molar-refractivity contribution in [2.75, 3.05) is 0 Å². The van der Waals surface area contributed by atoms with Gasteiger partial charge in [-0.15, -0.1) is 0 Å². The lowest BCUT2D eigenvalue weighted by molar-refractivity contribution is 0.596. The summed E-state index contributed by atoms with van der Waals surface area (Å²) in [5.41, 5.74) is 10.2. The number of aryl methyl sites for hydroxylation is 2. The third kappa shape index (κ3) is 1.33. The highest BCUT2D eigenvalue weighted by Gasteiger charge is 2.57. The van der Waals surface area contributed by atoms with E-state index >= 15 is 0 Å². The molecule has 0 amide bonds. The summed E-state index contributed by atoms with van der Waals surface area (Å²) in [5.74, 6) is 0.498. The summed E-state index contributed by atoms with van der Waals surface area (Å²) in [6, 6.07) is 0.296. The highest BCUT2D eigenvalue weighted by Crippen LogP contribution is 2.58. The van der Waals surface area contributed by atoms with E-state index in [2.05, 4.69) is 44.4 Å². The van der Waals surface area contributed by atoms with Gasteiger partial charge in [-0.2, -0.15) is 5.10 Å². The number of hydrogen-bond acceptors (Lipinski definition) is 2. The van der Waals surface area contributed by atoms with Crippen molar-refractivity contribution in [3.8, 4) is 0 Å². The molecule has 1 aromatic rings. The minimum atomic E-state index is 0.247. The first-order chi connectivity index (χ1) is 6.91. The van der Waals surface area contributed by atoms with Crippen LogP contribution in [0.4, 0.5) is 0 Å². The Kier molecular flexibility index (Phi) is 2.19. The average molecular weight is 207 g/mol. The maximum atomic E-state index is 6.13. The molecule has 3 nitrogen and oxygen atoms in total. The Morgan fingerprint density at radius 1 is 1.40 bits per heavy atom. The minimum absolute atomic E-state index is 0.247. The normalized spacial score (nSPS) is 28.1. The maximum Gasteiger partial charge on any atom is 0.0632 e. The van der Waals surface area contributed by atoms with Crippen molar-refractivity contribution in [3.63, 3.8) is 0 Å². The van der Waals surface area contributed by atoms with Crippen LogP contribution >= 0.6 is 0 Å². The lowest BCUT2D eigenvalue weighted by Crippen LogP contribution is -2.06. The fourth-order valence-corrected chi connectivity index (χ4v) is 2.70. The first kappa shape index (κ1) is 10.7. The Labute approximate surface area is 91.7 Å². The minimum Gasteiger partial charge on any atom is -0.327 e. The van der Waals surface area contributed by atoms with Crippen LogP contribution in [0.25, 0.3) is 0 Å². The molecule has 15 heavy (non-hydrogen) atoms. The Morgan fingerprint density at radius 3 is 2.27 bits per heavy atom. The van der Waals surface area contributed by atoms with Gasteiger partial charge in [-0.3, -0.25) is 4.68 Å². The van der Waals surface area contributed by atoms with Gasteiger partial charge in [-0.05, 0) is 26.2 Å². The molecule has 0 aromatic carbocycles. The van der Waals surface area contributed by atoms with Gasteiger partial charge in [0, 0.05) is 29.8 Å². The molecule has 3 heteroatoms. The molecule has 0 aliphatic heterocycles. The van der Waals surface area contributed by atoms with Crippen molar-refractivity contribution in [2.24, 2.45) is 11.1 Å². The summed E-state index contributed by atoms with van der Waals surface area (Å²) >= 11 is 0. The van der Waals surface area contributed by atoms with Crippen LogP contribution in [-0.2, 0) is 6.54 Å². The molecule has 1 fully saturated rings. The van der Waals surface area contributed by atoms with Crippen molar-refractivity contribution in [2.45, 2.75) is 53.1 Å². The molecule has 1 aliphatic rings. The molecule has 2 unspecified atom stereocenters. The third-order valence-corrected chi connectivity index (χ3v) is 3.96. The van der Waals surface area contributed by atoms with Crippen molar-refractivity contribution in [3.05, 3.63) is 17.0 Å². The molecule has 0 saturated heterocycles. The van der Waals surface area contributed by atoms with Gasteiger partial charge in [0.2, 0.25) is 0 Å². The summed E-state index contributed by atoms with van der Waals surface area (Å²) in [6.45, 7) is 11.8. The number of rotatable bonds is 2. The van der Waals surface area contributed by atoms with E-state index in [0.29, 0.717) is 12.0 Å². The highest BCUT2D eigenvalue weighted by atomic mass is 15.3. The second-order valence-electron chi connectivity index (χ2n) is 5.23. The fraction of sp³-hybridized carbons (Fsp3) is 0.750. The Hall–Kier alpha value is -0.830. The molecule has 1 saturated carbocycles. The van der Waals surface area contributed by atoms with Gasteiger partial charge in [0.25, 0.3) is 0 Å². The fourth-order valence-electron chi connectivity index (χ4n) is 2.70. The summed E-state index contributed by atoms with van der Waals surface area (Å²) in [7, 11) is 0. The summed E-state index contributed by atoms with van der Waals surface area (Å²) in [5, 5.41) is 4.55. The largest absolute Gasteiger partial charge is 0.327 e. The Bertz CT molecular complexity index is 390. The third-order valence-electron chi connectivity index (χ3n) is 3.96. The highest BCUT2D eigenvalue weighted by molar-refractivity contribution is 5.39. The number of nitrogens with two attached hydrogens (primary N) is 1. The van der Waals surface area contributed by atoms with Gasteiger partial charge in [0.15, 0.2) is 0 Å². The number of hydrogen-bond donors (Lipinski definition) is 1. The van der Waals surface area contributed by atoms with E-state index in [4.69, 9.17) is 5.73 Å². The molecular formula is C12H21N3. The standard InChI is InChI=1S/C12H21N3/c1-6-15-8(3)9(7(2)14-15)10-11(13)12(10,4)5/h10-11H,6,13H2,1-5H3. The summed E-state index contributed by atoms with van der Waals surface area (Å²) in [6.07, 6.45) is 0. The molecule has 2 N–H and O–H groups in total. The summed E-state index contributed by atoms with van der Waals surface area (Å²) in [4.78, 5) is 0. The van der Waals surface area contributed by atoms with Gasteiger partial charge in [-0.25, -0.2) is 0 Å². The van der Waals surface area contributed by atoms with Gasteiger partial charge in [0.05, 0.1) is 5.69 Å². The van der Waals surface area contributed by atoms with Gasteiger partial charge < -0.3 is 5.73 Å². The van der Waals surface area contributed by atoms with E-state index in [1.165, 1.54) is 11.3 Å². The first-order valence-electron chi connectivity index (χ1n) is 5.70. The molecule has 0 bridgehead atoms. The molecule has 2 rings (SSSR count). The topological polar surface area (TPSA) is 43.8 Å². The van der Waals surface area contributed by atoms with Crippen LogP contribution in [0.3, 0.4) is 0 Å². The lowest BCUT2D eigenvalue weighted by Gasteiger charge is -2.04. The van der Waals surface area contributed by atoms with Crippen LogP contribution in [0.15, 0.2) is 0 Å². The molecule has 1 aromatic heterocycles. The molecule has 0 spiro atoms. The predicted octanol–water partition coefficient (Wildman–Crippen LogP) is 1.97. The molecule has 1 heterocycles. The SMILES string of the molecule is CCn1nc(C)c(C2C(N)C2(C)C)c1C. The second-order valence-corrected chi connectivity index (χ2v) is 5.23. The smallest absolute Gasteiger partial charge is 0.0632 e. The second kappa shape index (κ2) is 3.08. The van der Waals surface area contributed by atoms with Crippen LogP contribution < -0.4 is 5.73 Å². The quantitative estimate of drug-likeness (QED) is 0.805. The average Bonchev–Trinajstić information content (AvgIpc) is 2.53. The lowest BCUT2D eigenvalue weighted by atomic mass is 10.0. The van der Waals surface area contributed by atoms with E-state index in [9.17, 15) is 0 Å². The van der Waals surface area contributed by atoms with Crippen molar-refractivity contribution in [1.29, 1.82) is 0 Å². The van der Waals surface area contributed by atoms with Gasteiger partial charge >= 0.3 is 0 Å². The van der Waals surface area contributed by atoms with Crippen molar-refractivity contribution >= 4 is 0 Å². The molecule has 84 valence electrons. The zero-order valence-corrected chi connectivity index (χ0v) is 10.3. The Morgan fingerprint density at radius 2 is 1.93 bits per heavy atom. The van der Waals surface area contributed by atoms with E-state index in [0.717, 1.165) is 12.2 Å². The maximum absolute atomic E-state index is 6.13. The van der Waals surface area contributed by atoms with Crippen LogP contribution in [0.2, 0.25) is 0 Å². The Balaban J connectivity index is 2.42. The van der Waals surface area contributed by atoms with E-state index in [1.807, 2.05) is 0 Å². The van der Waals surface area contributed by atoms with Gasteiger partial charge in [0.1, 0.15) is 0 Å².